The van der Waals surface area contributed by atoms with E-state index < -0.39 is 14.9 Å². The van der Waals surface area contributed by atoms with Crippen LogP contribution >= 0.6 is 12.0 Å². The Labute approximate surface area is 211 Å². The highest BCUT2D eigenvalue weighted by Gasteiger charge is 2.26. The number of fused-ring (bicyclic) bond motifs is 1. The molecule has 0 spiro atoms. The highest BCUT2D eigenvalue weighted by Crippen LogP contribution is 2.28. The minimum Gasteiger partial charge on any atom is -0.398 e. The standard InChI is InChI=1S/C28H28N2O3S2/c1-20-12-15-23(16-13-20)34-33-18-5-4-7-21-14-17-26(29)25(19-21)28(30)35(31,32)27-11-6-9-22-8-2-3-10-24(22)27/h2-3,6,8-17,19,30H,4-5,7,18,29H2,1H3. The van der Waals surface area contributed by atoms with Crippen molar-refractivity contribution in [3.63, 3.8) is 0 Å². The lowest BCUT2D eigenvalue weighted by Gasteiger charge is -2.13. The molecule has 0 radical (unpaired) electrons. The van der Waals surface area contributed by atoms with Crippen molar-refractivity contribution >= 4 is 43.4 Å². The zero-order valence-corrected chi connectivity index (χ0v) is 21.2. The lowest BCUT2D eigenvalue weighted by molar-refractivity contribution is 0.359. The molecule has 0 aliphatic heterocycles. The quantitative estimate of drug-likeness (QED) is 0.0883. The molecule has 0 fully saturated rings. The number of unbranched alkanes of at least 4 members (excludes halogenated alkanes) is 1. The fourth-order valence-electron chi connectivity index (χ4n) is 3.83. The molecule has 0 aliphatic carbocycles. The van der Waals surface area contributed by atoms with Crippen LogP contribution in [0.1, 0.15) is 29.5 Å². The van der Waals surface area contributed by atoms with E-state index in [0.29, 0.717) is 12.0 Å². The summed E-state index contributed by atoms with van der Waals surface area (Å²) in [5.74, 6) is 0. The summed E-state index contributed by atoms with van der Waals surface area (Å²) in [4.78, 5) is 1.19. The van der Waals surface area contributed by atoms with Crippen molar-refractivity contribution in [3.8, 4) is 0 Å². The predicted octanol–water partition coefficient (Wildman–Crippen LogP) is 6.58. The Morgan fingerprint density at radius 1 is 0.943 bits per heavy atom. The van der Waals surface area contributed by atoms with Crippen LogP contribution < -0.4 is 5.73 Å². The summed E-state index contributed by atoms with van der Waals surface area (Å²) in [6, 6.07) is 25.9. The van der Waals surface area contributed by atoms with Gasteiger partial charge in [-0.05, 0) is 67.5 Å². The molecular weight excluding hydrogens is 476 g/mol. The van der Waals surface area contributed by atoms with Gasteiger partial charge in [-0.1, -0.05) is 60.2 Å². The van der Waals surface area contributed by atoms with E-state index in [1.807, 2.05) is 36.4 Å². The highest BCUT2D eigenvalue weighted by atomic mass is 32.2. The Kier molecular flexibility index (Phi) is 7.90. The molecule has 0 amide bonds. The largest absolute Gasteiger partial charge is 0.398 e. The third kappa shape index (κ3) is 5.93. The van der Waals surface area contributed by atoms with Crippen molar-refractivity contribution in [2.75, 3.05) is 12.3 Å². The fraction of sp³-hybridized carbons (Fsp3) is 0.179. The van der Waals surface area contributed by atoms with E-state index in [4.69, 9.17) is 15.3 Å². The van der Waals surface area contributed by atoms with Crippen LogP contribution in [0, 0.1) is 12.3 Å². The molecule has 0 saturated heterocycles. The van der Waals surface area contributed by atoms with Crippen molar-refractivity contribution in [1.29, 1.82) is 5.41 Å². The molecule has 7 heteroatoms. The molecular formula is C28H28N2O3S2. The van der Waals surface area contributed by atoms with Gasteiger partial charge >= 0.3 is 0 Å². The molecule has 0 saturated carbocycles. The lowest BCUT2D eigenvalue weighted by Crippen LogP contribution is -2.17. The van der Waals surface area contributed by atoms with Gasteiger partial charge in [0.05, 0.1) is 11.5 Å². The summed E-state index contributed by atoms with van der Waals surface area (Å²) >= 11 is 1.37. The zero-order valence-electron chi connectivity index (χ0n) is 19.5. The first-order chi connectivity index (χ1) is 16.9. The van der Waals surface area contributed by atoms with Gasteiger partial charge in [-0.2, -0.15) is 0 Å². The average molecular weight is 505 g/mol. The maximum atomic E-state index is 13.4. The molecule has 0 aliphatic rings. The van der Waals surface area contributed by atoms with E-state index in [1.165, 1.54) is 17.6 Å². The van der Waals surface area contributed by atoms with Gasteiger partial charge in [-0.15, -0.1) is 0 Å². The number of nitrogens with one attached hydrogen (secondary N) is 1. The predicted molar refractivity (Wildman–Crippen MR) is 145 cm³/mol. The van der Waals surface area contributed by atoms with Gasteiger partial charge in [0.15, 0.2) is 5.04 Å². The zero-order chi connectivity index (χ0) is 24.8. The molecule has 35 heavy (non-hydrogen) atoms. The molecule has 4 aromatic carbocycles. The number of sulfone groups is 1. The Morgan fingerprint density at radius 2 is 1.69 bits per heavy atom. The normalized spacial score (nSPS) is 11.6. The molecule has 0 atom stereocenters. The summed E-state index contributed by atoms with van der Waals surface area (Å²) in [7, 11) is -4.04. The second kappa shape index (κ2) is 11.1. The van der Waals surface area contributed by atoms with Crippen LogP contribution in [0.5, 0.6) is 0 Å². The Morgan fingerprint density at radius 3 is 2.49 bits per heavy atom. The van der Waals surface area contributed by atoms with E-state index >= 15 is 0 Å². The third-order valence-corrected chi connectivity index (χ3v) is 8.23. The topological polar surface area (TPSA) is 93.2 Å². The summed E-state index contributed by atoms with van der Waals surface area (Å²) in [5.41, 5.74) is 8.79. The van der Waals surface area contributed by atoms with Crippen LogP contribution in [-0.2, 0) is 20.4 Å². The monoisotopic (exact) mass is 504 g/mol. The van der Waals surface area contributed by atoms with Gasteiger partial charge in [-0.3, -0.25) is 5.41 Å². The minimum atomic E-state index is -4.04. The number of aryl methyl sites for hydroxylation is 2. The van der Waals surface area contributed by atoms with Gasteiger partial charge in [0.2, 0.25) is 9.84 Å². The first kappa shape index (κ1) is 25.0. The van der Waals surface area contributed by atoms with Crippen LogP contribution in [0.15, 0.2) is 94.7 Å². The Hall–Kier alpha value is -3.13. The molecule has 4 aromatic rings. The molecule has 0 unspecified atom stereocenters. The number of anilines is 1. The second-order valence-corrected chi connectivity index (χ2v) is 11.1. The minimum absolute atomic E-state index is 0.119. The van der Waals surface area contributed by atoms with E-state index in [9.17, 15) is 8.42 Å². The number of hydrogen-bond acceptors (Lipinski definition) is 6. The van der Waals surface area contributed by atoms with Crippen LogP contribution in [0.2, 0.25) is 0 Å². The van der Waals surface area contributed by atoms with Crippen molar-refractivity contribution in [3.05, 3.63) is 102 Å². The summed E-state index contributed by atoms with van der Waals surface area (Å²) in [5, 5.41) is 9.48. The van der Waals surface area contributed by atoms with Crippen LogP contribution in [-0.4, -0.2) is 20.1 Å². The summed E-state index contributed by atoms with van der Waals surface area (Å²) in [6.45, 7) is 2.67. The van der Waals surface area contributed by atoms with Crippen LogP contribution in [0.25, 0.3) is 10.8 Å². The van der Waals surface area contributed by atoms with E-state index in [1.54, 1.807) is 36.4 Å². The third-order valence-electron chi connectivity index (χ3n) is 5.79. The maximum absolute atomic E-state index is 13.4. The van der Waals surface area contributed by atoms with Gasteiger partial charge in [-0.25, -0.2) is 8.42 Å². The molecule has 0 bridgehead atoms. The molecule has 0 heterocycles. The lowest BCUT2D eigenvalue weighted by atomic mass is 10.0. The van der Waals surface area contributed by atoms with E-state index in [2.05, 4.69) is 19.1 Å². The second-order valence-electron chi connectivity index (χ2n) is 8.41. The number of nitrogen functional groups attached to an aromatic ring is 1. The smallest absolute Gasteiger partial charge is 0.224 e. The molecule has 180 valence electrons. The van der Waals surface area contributed by atoms with Crippen LogP contribution in [0.3, 0.4) is 0 Å². The van der Waals surface area contributed by atoms with Crippen LogP contribution in [0.4, 0.5) is 5.69 Å². The van der Waals surface area contributed by atoms with Gasteiger partial charge < -0.3 is 9.92 Å². The Balaban J connectivity index is 1.40. The highest BCUT2D eigenvalue weighted by molar-refractivity contribution is 8.07. The average Bonchev–Trinajstić information content (AvgIpc) is 2.87. The van der Waals surface area contributed by atoms with Crippen molar-refractivity contribution < 1.29 is 12.6 Å². The number of hydrogen-bond donors (Lipinski definition) is 2. The molecule has 5 nitrogen and oxygen atoms in total. The number of benzene rings is 4. The fourth-order valence-corrected chi connectivity index (χ4v) is 5.84. The maximum Gasteiger partial charge on any atom is 0.224 e. The van der Waals surface area contributed by atoms with Gasteiger partial charge in [0.1, 0.15) is 0 Å². The van der Waals surface area contributed by atoms with Crippen molar-refractivity contribution in [2.24, 2.45) is 0 Å². The molecule has 4 rings (SSSR count). The number of nitrogens with two attached hydrogens (primary N) is 1. The number of rotatable bonds is 9. The SMILES string of the molecule is Cc1ccc(SOCCCCc2ccc(N)c(C(=N)S(=O)(=O)c3cccc4ccccc34)c2)cc1. The summed E-state index contributed by atoms with van der Waals surface area (Å²) < 4.78 is 32.4. The first-order valence-electron chi connectivity index (χ1n) is 11.4. The van der Waals surface area contributed by atoms with Crippen molar-refractivity contribution in [1.82, 2.24) is 0 Å². The Bertz CT molecular complexity index is 1440. The van der Waals surface area contributed by atoms with Gasteiger partial charge in [0, 0.05) is 33.6 Å². The summed E-state index contributed by atoms with van der Waals surface area (Å²) in [6.07, 6.45) is 2.49. The van der Waals surface area contributed by atoms with E-state index in [-0.39, 0.29) is 16.1 Å². The van der Waals surface area contributed by atoms with Crippen molar-refractivity contribution in [2.45, 2.75) is 36.0 Å². The van der Waals surface area contributed by atoms with Gasteiger partial charge in [0.25, 0.3) is 0 Å². The first-order valence-corrected chi connectivity index (χ1v) is 13.6. The van der Waals surface area contributed by atoms with E-state index in [0.717, 1.165) is 35.1 Å². The molecule has 3 N–H and O–H groups in total. The molecule has 0 aromatic heterocycles.